The fourth-order valence-corrected chi connectivity index (χ4v) is 3.55. The zero-order valence-corrected chi connectivity index (χ0v) is 27.2. The van der Waals surface area contributed by atoms with Gasteiger partial charge in [-0.25, -0.2) is 4.99 Å². The van der Waals surface area contributed by atoms with Gasteiger partial charge < -0.3 is 16.4 Å². The van der Waals surface area contributed by atoms with Crippen LogP contribution in [0, 0.1) is 6.92 Å². The van der Waals surface area contributed by atoms with Crippen LogP contribution in [-0.2, 0) is 5.54 Å². The molecule has 3 aromatic carbocycles. The van der Waals surface area contributed by atoms with Crippen LogP contribution in [0.4, 0.5) is 22.7 Å². The number of anilines is 3. The molecular formula is C37H54N4. The molecule has 0 unspecified atom stereocenters. The average molecular weight is 555 g/mol. The fraction of sp³-hybridized carbons (Fsp3) is 0.324. The highest BCUT2D eigenvalue weighted by atomic mass is 15.0. The van der Waals surface area contributed by atoms with Crippen LogP contribution >= 0.6 is 0 Å². The quantitative estimate of drug-likeness (QED) is 0.284. The molecule has 0 fully saturated rings. The van der Waals surface area contributed by atoms with E-state index in [9.17, 15) is 0 Å². The molecule has 4 N–H and O–H groups in total. The maximum absolute atomic E-state index is 4.68. The van der Waals surface area contributed by atoms with E-state index in [-0.39, 0.29) is 5.54 Å². The van der Waals surface area contributed by atoms with Crippen molar-refractivity contribution in [2.45, 2.75) is 74.3 Å². The molecule has 0 amide bonds. The highest BCUT2D eigenvalue weighted by Gasteiger charge is 2.20. The Hall–Kier alpha value is -3.89. The molecule has 222 valence electrons. The molecule has 0 radical (unpaired) electrons. The molecule has 0 heterocycles. The number of benzene rings is 3. The fourth-order valence-electron chi connectivity index (χ4n) is 3.55. The Morgan fingerprint density at radius 1 is 0.683 bits per heavy atom. The van der Waals surface area contributed by atoms with Crippen LogP contribution in [0.25, 0.3) is 0 Å². The Balaban J connectivity index is 0.00000161. The van der Waals surface area contributed by atoms with E-state index < -0.39 is 0 Å². The molecule has 1 aliphatic carbocycles. The number of nitrogens with two attached hydrogens (primary N) is 1. The van der Waals surface area contributed by atoms with E-state index in [4.69, 9.17) is 0 Å². The first kappa shape index (κ1) is 37.1. The first-order chi connectivity index (χ1) is 19.8. The minimum atomic E-state index is -0.222. The Labute approximate surface area is 251 Å². The number of aliphatic imine (C=N–C) groups is 1. The molecule has 0 aromatic heterocycles. The number of allylic oxidation sites excluding steroid dienone is 5. The smallest absolute Gasteiger partial charge is 0.0637 e. The van der Waals surface area contributed by atoms with Crippen LogP contribution in [0.5, 0.6) is 0 Å². The van der Waals surface area contributed by atoms with E-state index in [0.717, 1.165) is 34.0 Å². The number of rotatable bonds is 6. The van der Waals surface area contributed by atoms with Gasteiger partial charge in [0.1, 0.15) is 0 Å². The Morgan fingerprint density at radius 2 is 1.10 bits per heavy atom. The summed E-state index contributed by atoms with van der Waals surface area (Å²) < 4.78 is 0. The summed E-state index contributed by atoms with van der Waals surface area (Å²) in [4.78, 5) is 4.68. The van der Waals surface area contributed by atoms with Crippen molar-refractivity contribution < 1.29 is 0 Å². The molecule has 41 heavy (non-hydrogen) atoms. The maximum atomic E-state index is 4.68. The minimum absolute atomic E-state index is 0.222. The van der Waals surface area contributed by atoms with E-state index >= 15 is 0 Å². The third-order valence-corrected chi connectivity index (χ3v) is 5.47. The van der Waals surface area contributed by atoms with Crippen LogP contribution in [-0.4, -0.2) is 12.8 Å². The number of nitrogens with one attached hydrogen (secondary N) is 2. The van der Waals surface area contributed by atoms with Crippen molar-refractivity contribution in [2.24, 2.45) is 10.7 Å². The third kappa shape index (κ3) is 13.8. The lowest BCUT2D eigenvalue weighted by atomic mass is 9.93. The van der Waals surface area contributed by atoms with Gasteiger partial charge in [0.05, 0.1) is 16.9 Å². The van der Waals surface area contributed by atoms with Crippen molar-refractivity contribution in [1.82, 2.24) is 0 Å². The Morgan fingerprint density at radius 3 is 1.56 bits per heavy atom. The van der Waals surface area contributed by atoms with E-state index in [1.807, 2.05) is 52.0 Å². The zero-order valence-electron chi connectivity index (χ0n) is 27.2. The first-order valence-corrected chi connectivity index (χ1v) is 14.8. The van der Waals surface area contributed by atoms with Crippen molar-refractivity contribution in [2.75, 3.05) is 17.7 Å². The van der Waals surface area contributed by atoms with Gasteiger partial charge in [-0.2, -0.15) is 0 Å². The van der Waals surface area contributed by atoms with Crippen LogP contribution in [0.15, 0.2) is 114 Å². The lowest BCUT2D eigenvalue weighted by molar-refractivity contribution is 0.609. The second kappa shape index (κ2) is 20.9. The van der Waals surface area contributed by atoms with Crippen molar-refractivity contribution in [3.05, 3.63) is 120 Å². The van der Waals surface area contributed by atoms with Gasteiger partial charge in [0, 0.05) is 17.1 Å². The molecule has 1 aliphatic rings. The van der Waals surface area contributed by atoms with Gasteiger partial charge in [-0.05, 0) is 99.6 Å². The van der Waals surface area contributed by atoms with Gasteiger partial charge in [0.15, 0.2) is 0 Å². The molecule has 4 rings (SSSR count). The van der Waals surface area contributed by atoms with Crippen LogP contribution < -0.4 is 16.4 Å². The van der Waals surface area contributed by atoms with E-state index in [1.54, 1.807) is 0 Å². The summed E-state index contributed by atoms with van der Waals surface area (Å²) in [7, 11) is 1.50. The second-order valence-corrected chi connectivity index (χ2v) is 9.35. The van der Waals surface area contributed by atoms with Crippen molar-refractivity contribution in [1.29, 1.82) is 0 Å². The zero-order chi connectivity index (χ0) is 31.3. The van der Waals surface area contributed by atoms with Gasteiger partial charge in [0.25, 0.3) is 0 Å². The molecular weight excluding hydrogens is 500 g/mol. The standard InChI is InChI=1S/C29H29N3.C3H8.2C2H6.CH5N/c1-21-5-11-24(12-6-21)30-26-15-9-23(10-16-26)29(3,4)32-28-19-17-27(18-20-28)31-25-13-7-22(2)8-14-25;1-3-2;3*1-2/h5-20,31-32H,1H2,2-4H3;3H2,1-2H3;2*1-2H3;2H2,1H3. The summed E-state index contributed by atoms with van der Waals surface area (Å²) in [5, 5.41) is 7.08. The highest BCUT2D eigenvalue weighted by Crippen LogP contribution is 2.29. The molecule has 0 saturated heterocycles. The topological polar surface area (TPSA) is 62.4 Å². The van der Waals surface area contributed by atoms with E-state index in [1.165, 1.54) is 24.6 Å². The van der Waals surface area contributed by atoms with Crippen LogP contribution in [0.3, 0.4) is 0 Å². The van der Waals surface area contributed by atoms with Crippen molar-refractivity contribution in [3.8, 4) is 0 Å². The molecule has 0 spiro atoms. The van der Waals surface area contributed by atoms with Gasteiger partial charge >= 0.3 is 0 Å². The number of hydrogen-bond acceptors (Lipinski definition) is 4. The molecule has 0 bridgehead atoms. The van der Waals surface area contributed by atoms with Gasteiger partial charge in [0.2, 0.25) is 0 Å². The van der Waals surface area contributed by atoms with Crippen LogP contribution in [0.1, 0.15) is 72.9 Å². The van der Waals surface area contributed by atoms with Gasteiger partial charge in [-0.3, -0.25) is 0 Å². The number of aryl methyl sites for hydroxylation is 1. The summed E-state index contributed by atoms with van der Waals surface area (Å²) in [6.07, 6.45) is 9.17. The summed E-state index contributed by atoms with van der Waals surface area (Å²) in [5.74, 6) is 0. The van der Waals surface area contributed by atoms with Gasteiger partial charge in [-0.1, -0.05) is 96.5 Å². The molecule has 3 aromatic rings. The van der Waals surface area contributed by atoms with Gasteiger partial charge in [-0.15, -0.1) is 0 Å². The third-order valence-electron chi connectivity index (χ3n) is 5.47. The monoisotopic (exact) mass is 554 g/mol. The average Bonchev–Trinajstić information content (AvgIpc) is 3.00. The lowest BCUT2D eigenvalue weighted by Crippen LogP contribution is -2.27. The molecule has 0 saturated carbocycles. The minimum Gasteiger partial charge on any atom is -0.376 e. The summed E-state index contributed by atoms with van der Waals surface area (Å²) >= 11 is 0. The van der Waals surface area contributed by atoms with E-state index in [2.05, 4.69) is 135 Å². The van der Waals surface area contributed by atoms with E-state index in [0.29, 0.717) is 0 Å². The van der Waals surface area contributed by atoms with Crippen molar-refractivity contribution in [3.63, 3.8) is 0 Å². The SMILES string of the molecule is C=C1C=CC(=Nc2ccc(C(C)(C)Nc3ccc(Nc4ccc(C)cc4)cc3)cc2)C=C1.CC.CC.CCC.CN. The molecule has 0 atom stereocenters. The summed E-state index contributed by atoms with van der Waals surface area (Å²) in [6.45, 7) is 22.6. The lowest BCUT2D eigenvalue weighted by Gasteiger charge is -2.28. The molecule has 0 aliphatic heterocycles. The Bertz CT molecular complexity index is 1180. The predicted octanol–water partition coefficient (Wildman–Crippen LogP) is 10.9. The second-order valence-electron chi connectivity index (χ2n) is 9.35. The maximum Gasteiger partial charge on any atom is 0.0637 e. The summed E-state index contributed by atoms with van der Waals surface area (Å²) in [6, 6.07) is 25.2. The van der Waals surface area contributed by atoms with Crippen molar-refractivity contribution >= 4 is 28.5 Å². The molecule has 4 nitrogen and oxygen atoms in total. The highest BCUT2D eigenvalue weighted by molar-refractivity contribution is 6.07. The number of hydrogen-bond donors (Lipinski definition) is 3. The summed E-state index contributed by atoms with van der Waals surface area (Å²) in [5.41, 5.74) is 12.8. The normalized spacial score (nSPS) is 11.2. The Kier molecular flexibility index (Phi) is 18.9. The predicted molar refractivity (Wildman–Crippen MR) is 187 cm³/mol. The van der Waals surface area contributed by atoms with Crippen LogP contribution in [0.2, 0.25) is 0 Å². The largest absolute Gasteiger partial charge is 0.376 e. The first-order valence-electron chi connectivity index (χ1n) is 14.8. The number of nitrogens with zero attached hydrogens (tertiary/aromatic N) is 1. The molecule has 4 heteroatoms.